The van der Waals surface area contributed by atoms with E-state index in [-0.39, 0.29) is 34.9 Å². The number of aromatic hydroxyl groups is 1. The number of benzene rings is 4. The minimum Gasteiger partial charge on any atom is -0.508 e. The second kappa shape index (κ2) is 9.62. The lowest BCUT2D eigenvalue weighted by atomic mass is 9.94. The molecule has 37 heavy (non-hydrogen) atoms. The summed E-state index contributed by atoms with van der Waals surface area (Å²) in [5.41, 5.74) is 1.17. The fourth-order valence-electron chi connectivity index (χ4n) is 4.60. The monoisotopic (exact) mass is 493 g/mol. The zero-order chi connectivity index (χ0) is 26.1. The first kappa shape index (κ1) is 23.8. The number of amides is 1. The highest BCUT2D eigenvalue weighted by Gasteiger charge is 2.47. The van der Waals surface area contributed by atoms with Gasteiger partial charge in [0.25, 0.3) is 11.7 Å². The molecule has 1 saturated heterocycles. The number of fused-ring (bicyclic) bond motifs is 1. The smallest absolute Gasteiger partial charge is 0.338 e. The van der Waals surface area contributed by atoms with Crippen LogP contribution in [0.3, 0.4) is 0 Å². The van der Waals surface area contributed by atoms with Crippen LogP contribution in [-0.2, 0) is 14.3 Å². The predicted molar refractivity (Wildman–Crippen MR) is 139 cm³/mol. The number of hydrogen-bond acceptors (Lipinski definition) is 6. The number of phenols is 1. The lowest BCUT2D eigenvalue weighted by Crippen LogP contribution is -2.29. The van der Waals surface area contributed by atoms with Gasteiger partial charge in [0.05, 0.1) is 23.8 Å². The molecule has 7 nitrogen and oxygen atoms in total. The van der Waals surface area contributed by atoms with Gasteiger partial charge in [-0.1, -0.05) is 54.6 Å². The molecule has 1 fully saturated rings. The third-order valence-electron chi connectivity index (χ3n) is 6.29. The Labute approximate surface area is 212 Å². The van der Waals surface area contributed by atoms with Gasteiger partial charge in [-0.05, 0) is 59.7 Å². The third-order valence-corrected chi connectivity index (χ3v) is 6.29. The number of aliphatic hydroxyl groups is 1. The second-order valence-electron chi connectivity index (χ2n) is 8.60. The van der Waals surface area contributed by atoms with Crippen molar-refractivity contribution in [1.29, 1.82) is 0 Å². The Bertz CT molecular complexity index is 1590. The molecule has 1 aliphatic heterocycles. The number of Topliss-reactive ketones (excluding diaryl/α,β-unsaturated/α-hetero) is 1. The minimum atomic E-state index is -1.05. The zero-order valence-electron chi connectivity index (χ0n) is 19.9. The van der Waals surface area contributed by atoms with Gasteiger partial charge in [-0.2, -0.15) is 0 Å². The van der Waals surface area contributed by atoms with Crippen LogP contribution in [0, 0.1) is 0 Å². The highest BCUT2D eigenvalue weighted by atomic mass is 16.5. The predicted octanol–water partition coefficient (Wildman–Crippen LogP) is 5.35. The van der Waals surface area contributed by atoms with E-state index in [9.17, 15) is 24.6 Å². The van der Waals surface area contributed by atoms with E-state index in [2.05, 4.69) is 0 Å². The molecule has 4 aromatic rings. The summed E-state index contributed by atoms with van der Waals surface area (Å²) in [5, 5.41) is 23.4. The lowest BCUT2D eigenvalue weighted by molar-refractivity contribution is -0.132. The van der Waals surface area contributed by atoms with Crippen LogP contribution < -0.4 is 4.90 Å². The molecular formula is C30H23NO6. The number of ketones is 1. The average Bonchev–Trinajstić information content (AvgIpc) is 3.18. The SMILES string of the molecule is CCOC(=O)c1cccc(N2C(=O)C(=O)/C(=C(\O)c3ccc4ccccc4c3)C2c2cccc(O)c2)c1. The van der Waals surface area contributed by atoms with E-state index in [1.54, 1.807) is 49.4 Å². The molecule has 0 aliphatic carbocycles. The summed E-state index contributed by atoms with van der Waals surface area (Å²) >= 11 is 0. The molecule has 1 heterocycles. The molecule has 1 aliphatic rings. The van der Waals surface area contributed by atoms with Crippen molar-refractivity contribution in [2.75, 3.05) is 11.5 Å². The molecular weight excluding hydrogens is 470 g/mol. The summed E-state index contributed by atoms with van der Waals surface area (Å²) in [7, 11) is 0. The number of phenolic OH excluding ortho intramolecular Hbond substituents is 1. The first-order chi connectivity index (χ1) is 17.9. The van der Waals surface area contributed by atoms with Crippen molar-refractivity contribution < 1.29 is 29.3 Å². The number of nitrogens with zero attached hydrogens (tertiary/aromatic N) is 1. The van der Waals surface area contributed by atoms with Crippen molar-refractivity contribution >= 4 is 39.9 Å². The van der Waals surface area contributed by atoms with E-state index < -0.39 is 23.7 Å². The lowest BCUT2D eigenvalue weighted by Gasteiger charge is -2.26. The molecule has 0 bridgehead atoms. The van der Waals surface area contributed by atoms with Crippen molar-refractivity contribution in [2.24, 2.45) is 0 Å². The van der Waals surface area contributed by atoms with Gasteiger partial charge in [0.1, 0.15) is 11.5 Å². The van der Waals surface area contributed by atoms with E-state index >= 15 is 0 Å². The Balaban J connectivity index is 1.70. The summed E-state index contributed by atoms with van der Waals surface area (Å²) in [6.07, 6.45) is 0. The maximum absolute atomic E-state index is 13.4. The fourth-order valence-corrected chi connectivity index (χ4v) is 4.60. The van der Waals surface area contributed by atoms with Crippen molar-refractivity contribution in [1.82, 2.24) is 0 Å². The van der Waals surface area contributed by atoms with Crippen LogP contribution in [0.15, 0.2) is 96.6 Å². The molecule has 0 saturated carbocycles. The zero-order valence-corrected chi connectivity index (χ0v) is 19.9. The molecule has 1 amide bonds. The number of carbonyl (C=O) groups excluding carboxylic acids is 3. The van der Waals surface area contributed by atoms with Crippen molar-refractivity contribution in [3.63, 3.8) is 0 Å². The molecule has 5 rings (SSSR count). The Morgan fingerprint density at radius 3 is 2.38 bits per heavy atom. The average molecular weight is 494 g/mol. The summed E-state index contributed by atoms with van der Waals surface area (Å²) in [6, 6.07) is 24.2. The largest absolute Gasteiger partial charge is 0.508 e. The molecule has 0 aromatic heterocycles. The summed E-state index contributed by atoms with van der Waals surface area (Å²) < 4.78 is 5.08. The number of anilines is 1. The topological polar surface area (TPSA) is 104 Å². The fraction of sp³-hybridized carbons (Fsp3) is 0.100. The number of esters is 1. The summed E-state index contributed by atoms with van der Waals surface area (Å²) in [4.78, 5) is 40.4. The van der Waals surface area contributed by atoms with Crippen LogP contribution in [0.5, 0.6) is 5.75 Å². The molecule has 0 spiro atoms. The van der Waals surface area contributed by atoms with Crippen LogP contribution in [0.25, 0.3) is 16.5 Å². The maximum Gasteiger partial charge on any atom is 0.338 e. The summed E-state index contributed by atoms with van der Waals surface area (Å²) in [6.45, 7) is 1.87. The number of rotatable bonds is 5. The van der Waals surface area contributed by atoms with Crippen molar-refractivity contribution in [3.8, 4) is 5.75 Å². The Morgan fingerprint density at radius 2 is 1.62 bits per heavy atom. The third kappa shape index (κ3) is 4.31. The second-order valence-corrected chi connectivity index (χ2v) is 8.60. The van der Waals surface area contributed by atoms with Crippen molar-refractivity contribution in [2.45, 2.75) is 13.0 Å². The molecule has 0 radical (unpaired) electrons. The van der Waals surface area contributed by atoms with E-state index in [4.69, 9.17) is 4.74 Å². The van der Waals surface area contributed by atoms with Crippen LogP contribution >= 0.6 is 0 Å². The Hall–Kier alpha value is -4.91. The maximum atomic E-state index is 13.4. The molecule has 1 atom stereocenters. The van der Waals surface area contributed by atoms with Gasteiger partial charge in [0.15, 0.2) is 0 Å². The number of hydrogen-bond donors (Lipinski definition) is 2. The van der Waals surface area contributed by atoms with E-state index in [0.717, 1.165) is 10.8 Å². The minimum absolute atomic E-state index is 0.0610. The highest BCUT2D eigenvalue weighted by molar-refractivity contribution is 6.51. The first-order valence-electron chi connectivity index (χ1n) is 11.8. The standard InChI is InChI=1S/C30H23NO6/c1-2-37-30(36)22-10-5-11-23(16-22)31-26(20-9-6-12-24(32)17-20)25(28(34)29(31)35)27(33)21-14-13-18-7-3-4-8-19(18)15-21/h3-17,26,32-33H,2H2,1H3/b27-25-. The van der Waals surface area contributed by atoms with Crippen LogP contribution in [0.2, 0.25) is 0 Å². The van der Waals surface area contributed by atoms with E-state index in [1.807, 2.05) is 30.3 Å². The van der Waals surface area contributed by atoms with Gasteiger partial charge in [-0.3, -0.25) is 14.5 Å². The molecule has 2 N–H and O–H groups in total. The quantitative estimate of drug-likeness (QED) is 0.168. The molecule has 7 heteroatoms. The van der Waals surface area contributed by atoms with Gasteiger partial charge in [-0.25, -0.2) is 4.79 Å². The number of aliphatic hydroxyl groups excluding tert-OH is 1. The Morgan fingerprint density at radius 1 is 0.865 bits per heavy atom. The molecule has 184 valence electrons. The van der Waals surface area contributed by atoms with Crippen LogP contribution in [0.4, 0.5) is 5.69 Å². The van der Waals surface area contributed by atoms with Gasteiger partial charge in [-0.15, -0.1) is 0 Å². The molecule has 4 aromatic carbocycles. The Kier molecular flexibility index (Phi) is 6.19. The first-order valence-corrected chi connectivity index (χ1v) is 11.8. The van der Waals surface area contributed by atoms with Gasteiger partial charge in [0, 0.05) is 11.3 Å². The van der Waals surface area contributed by atoms with E-state index in [1.165, 1.54) is 23.1 Å². The molecule has 1 unspecified atom stereocenters. The number of ether oxygens (including phenoxy) is 1. The van der Waals surface area contributed by atoms with Gasteiger partial charge in [0.2, 0.25) is 0 Å². The van der Waals surface area contributed by atoms with Gasteiger partial charge >= 0.3 is 5.97 Å². The summed E-state index contributed by atoms with van der Waals surface area (Å²) in [5.74, 6) is -2.70. The van der Waals surface area contributed by atoms with Crippen LogP contribution in [0.1, 0.15) is 34.5 Å². The van der Waals surface area contributed by atoms with E-state index in [0.29, 0.717) is 11.1 Å². The van der Waals surface area contributed by atoms with Crippen LogP contribution in [-0.4, -0.2) is 34.5 Å². The number of carbonyl (C=O) groups is 3. The normalized spacial score (nSPS) is 16.8. The van der Waals surface area contributed by atoms with Crippen molar-refractivity contribution in [3.05, 3.63) is 113 Å². The highest BCUT2D eigenvalue weighted by Crippen LogP contribution is 2.43. The van der Waals surface area contributed by atoms with Gasteiger partial charge < -0.3 is 14.9 Å².